The van der Waals surface area contributed by atoms with Gasteiger partial charge in [-0.25, -0.2) is 4.98 Å². The van der Waals surface area contributed by atoms with E-state index in [4.69, 9.17) is 16.6 Å². The van der Waals surface area contributed by atoms with Gasteiger partial charge in [0.1, 0.15) is 0 Å². The Morgan fingerprint density at radius 2 is 2.23 bits per heavy atom. The molecule has 0 aromatic carbocycles. The number of aromatic nitrogens is 1. The molecule has 0 fully saturated rings. The highest BCUT2D eigenvalue weighted by Crippen LogP contribution is 2.17. The summed E-state index contributed by atoms with van der Waals surface area (Å²) in [4.78, 5) is 3.40. The monoisotopic (exact) mass is 185 g/mol. The van der Waals surface area contributed by atoms with Gasteiger partial charge in [-0.2, -0.15) is 4.39 Å². The predicted molar refractivity (Wildman–Crippen MR) is 47.2 cm³/mol. The molecular formula is C8H12FN3O. The van der Waals surface area contributed by atoms with Gasteiger partial charge in [-0.3, -0.25) is 0 Å². The zero-order valence-corrected chi connectivity index (χ0v) is 7.24. The SMILES string of the molecule is CC(O)C(N)c1cnc(F)c(N)c1. The third kappa shape index (κ3) is 2.13. The molecule has 13 heavy (non-hydrogen) atoms. The minimum atomic E-state index is -0.721. The van der Waals surface area contributed by atoms with Crippen LogP contribution in [0.2, 0.25) is 0 Å². The number of anilines is 1. The van der Waals surface area contributed by atoms with E-state index in [0.29, 0.717) is 5.56 Å². The molecule has 5 heteroatoms. The molecule has 4 nitrogen and oxygen atoms in total. The molecule has 0 radical (unpaired) electrons. The summed E-state index contributed by atoms with van der Waals surface area (Å²) in [6, 6.07) is 0.787. The summed E-state index contributed by atoms with van der Waals surface area (Å²) < 4.78 is 12.6. The van der Waals surface area contributed by atoms with E-state index in [0.717, 1.165) is 0 Å². The van der Waals surface area contributed by atoms with Crippen LogP contribution in [-0.4, -0.2) is 16.2 Å². The second-order valence-corrected chi connectivity index (χ2v) is 2.92. The molecule has 0 amide bonds. The second-order valence-electron chi connectivity index (χ2n) is 2.92. The molecule has 5 N–H and O–H groups in total. The number of nitrogens with zero attached hydrogens (tertiary/aromatic N) is 1. The second kappa shape index (κ2) is 3.68. The Kier molecular flexibility index (Phi) is 2.79. The lowest BCUT2D eigenvalue weighted by Gasteiger charge is -2.14. The van der Waals surface area contributed by atoms with Crippen molar-refractivity contribution in [3.63, 3.8) is 0 Å². The first-order chi connectivity index (χ1) is 6.02. The van der Waals surface area contributed by atoms with E-state index >= 15 is 0 Å². The van der Waals surface area contributed by atoms with Crippen molar-refractivity contribution in [3.05, 3.63) is 23.8 Å². The number of rotatable bonds is 2. The number of nitrogen functional groups attached to an aromatic ring is 1. The van der Waals surface area contributed by atoms with E-state index in [1.165, 1.54) is 12.3 Å². The highest BCUT2D eigenvalue weighted by Gasteiger charge is 2.13. The molecule has 1 rings (SSSR count). The first-order valence-corrected chi connectivity index (χ1v) is 3.87. The van der Waals surface area contributed by atoms with Crippen LogP contribution in [0.25, 0.3) is 0 Å². The molecule has 0 saturated heterocycles. The van der Waals surface area contributed by atoms with Gasteiger partial charge in [0.15, 0.2) is 0 Å². The first kappa shape index (κ1) is 9.88. The van der Waals surface area contributed by atoms with Crippen molar-refractivity contribution >= 4 is 5.69 Å². The van der Waals surface area contributed by atoms with Gasteiger partial charge in [-0.1, -0.05) is 0 Å². The summed E-state index contributed by atoms with van der Waals surface area (Å²) in [6.45, 7) is 1.55. The van der Waals surface area contributed by atoms with Gasteiger partial charge in [-0.05, 0) is 18.6 Å². The summed E-state index contributed by atoms with van der Waals surface area (Å²) >= 11 is 0. The van der Waals surface area contributed by atoms with Gasteiger partial charge in [0.05, 0.1) is 17.8 Å². The summed E-state index contributed by atoms with van der Waals surface area (Å²) in [6.07, 6.45) is 0.551. The third-order valence-electron chi connectivity index (χ3n) is 1.79. The molecule has 0 aliphatic heterocycles. The lowest BCUT2D eigenvalue weighted by Crippen LogP contribution is -2.23. The van der Waals surface area contributed by atoms with E-state index in [9.17, 15) is 4.39 Å². The Balaban J connectivity index is 2.97. The van der Waals surface area contributed by atoms with Crippen molar-refractivity contribution in [3.8, 4) is 0 Å². The zero-order valence-electron chi connectivity index (χ0n) is 7.24. The van der Waals surface area contributed by atoms with Crippen molar-refractivity contribution in [2.24, 2.45) is 5.73 Å². The van der Waals surface area contributed by atoms with Crippen molar-refractivity contribution < 1.29 is 9.50 Å². The highest BCUT2D eigenvalue weighted by molar-refractivity contribution is 5.39. The van der Waals surface area contributed by atoms with Crippen molar-refractivity contribution in [1.82, 2.24) is 4.98 Å². The minimum absolute atomic E-state index is 0.0615. The molecule has 0 spiro atoms. The van der Waals surface area contributed by atoms with Crippen LogP contribution in [0.3, 0.4) is 0 Å². The van der Waals surface area contributed by atoms with Crippen LogP contribution in [0.4, 0.5) is 10.1 Å². The molecular weight excluding hydrogens is 173 g/mol. The molecule has 1 heterocycles. The van der Waals surface area contributed by atoms with Crippen molar-refractivity contribution in [2.45, 2.75) is 19.1 Å². The fourth-order valence-corrected chi connectivity index (χ4v) is 0.943. The van der Waals surface area contributed by atoms with Crippen LogP contribution in [-0.2, 0) is 0 Å². The van der Waals surface area contributed by atoms with E-state index in [1.807, 2.05) is 0 Å². The Bertz CT molecular complexity index is 303. The Labute approximate surface area is 75.4 Å². The number of hydrogen-bond acceptors (Lipinski definition) is 4. The first-order valence-electron chi connectivity index (χ1n) is 3.87. The van der Waals surface area contributed by atoms with Gasteiger partial charge in [0.2, 0.25) is 5.95 Å². The van der Waals surface area contributed by atoms with E-state index < -0.39 is 18.1 Å². The molecule has 0 bridgehead atoms. The molecule has 0 aliphatic rings. The average Bonchev–Trinajstić information content (AvgIpc) is 2.08. The maximum Gasteiger partial charge on any atom is 0.236 e. The molecule has 0 saturated carbocycles. The smallest absolute Gasteiger partial charge is 0.236 e. The summed E-state index contributed by atoms with van der Waals surface area (Å²) in [5, 5.41) is 9.15. The fourth-order valence-electron chi connectivity index (χ4n) is 0.943. The average molecular weight is 185 g/mol. The molecule has 72 valence electrons. The number of pyridine rings is 1. The van der Waals surface area contributed by atoms with Crippen LogP contribution in [0.5, 0.6) is 0 Å². The largest absolute Gasteiger partial charge is 0.395 e. The number of halogens is 1. The van der Waals surface area contributed by atoms with Gasteiger partial charge >= 0.3 is 0 Å². The van der Waals surface area contributed by atoms with Crippen LogP contribution < -0.4 is 11.5 Å². The maximum atomic E-state index is 12.6. The fraction of sp³-hybridized carbons (Fsp3) is 0.375. The number of aliphatic hydroxyl groups excluding tert-OH is 1. The third-order valence-corrected chi connectivity index (χ3v) is 1.79. The maximum absolute atomic E-state index is 12.6. The summed E-state index contributed by atoms with van der Waals surface area (Å²) in [5.41, 5.74) is 11.3. The molecule has 1 aromatic rings. The molecule has 0 aliphatic carbocycles. The van der Waals surface area contributed by atoms with Crippen molar-refractivity contribution in [1.29, 1.82) is 0 Å². The number of nitrogens with two attached hydrogens (primary N) is 2. The van der Waals surface area contributed by atoms with E-state index in [2.05, 4.69) is 4.98 Å². The summed E-state index contributed by atoms with van der Waals surface area (Å²) in [7, 11) is 0. The van der Waals surface area contributed by atoms with Gasteiger partial charge in [0, 0.05) is 6.20 Å². The van der Waals surface area contributed by atoms with Crippen LogP contribution >= 0.6 is 0 Å². The number of aliphatic hydroxyl groups is 1. The van der Waals surface area contributed by atoms with E-state index in [1.54, 1.807) is 6.92 Å². The molecule has 2 atom stereocenters. The van der Waals surface area contributed by atoms with Gasteiger partial charge in [-0.15, -0.1) is 0 Å². The zero-order chi connectivity index (χ0) is 10.0. The Morgan fingerprint density at radius 1 is 1.62 bits per heavy atom. The molecule has 1 aromatic heterocycles. The quantitative estimate of drug-likeness (QED) is 0.574. The topological polar surface area (TPSA) is 85.2 Å². The minimum Gasteiger partial charge on any atom is -0.395 e. The number of hydrogen-bond donors (Lipinski definition) is 3. The van der Waals surface area contributed by atoms with Crippen LogP contribution in [0.15, 0.2) is 12.3 Å². The Morgan fingerprint density at radius 3 is 2.69 bits per heavy atom. The molecule has 2 unspecified atom stereocenters. The van der Waals surface area contributed by atoms with Gasteiger partial charge in [0.25, 0.3) is 0 Å². The lowest BCUT2D eigenvalue weighted by molar-refractivity contribution is 0.164. The van der Waals surface area contributed by atoms with E-state index in [-0.39, 0.29) is 5.69 Å². The highest BCUT2D eigenvalue weighted by atomic mass is 19.1. The van der Waals surface area contributed by atoms with Crippen LogP contribution in [0.1, 0.15) is 18.5 Å². The van der Waals surface area contributed by atoms with Gasteiger partial charge < -0.3 is 16.6 Å². The van der Waals surface area contributed by atoms with Crippen molar-refractivity contribution in [2.75, 3.05) is 5.73 Å². The summed E-state index contributed by atoms with van der Waals surface area (Å²) in [5.74, 6) is -0.721. The van der Waals surface area contributed by atoms with Crippen LogP contribution in [0, 0.1) is 5.95 Å². The lowest BCUT2D eigenvalue weighted by atomic mass is 10.1. The normalized spacial score (nSPS) is 15.4. The standard InChI is InChI=1S/C8H12FN3O/c1-4(13)7(11)5-2-6(10)8(9)12-3-5/h2-4,7,13H,10-11H2,1H3. The predicted octanol–water partition coefficient (Wildman–Crippen LogP) is 0.184. The Hall–Kier alpha value is -1.20.